The van der Waals surface area contributed by atoms with Crippen molar-refractivity contribution < 1.29 is 9.53 Å². The third-order valence-corrected chi connectivity index (χ3v) is 4.74. The predicted molar refractivity (Wildman–Crippen MR) is 98.2 cm³/mol. The number of amides is 1. The minimum absolute atomic E-state index is 0.212. The van der Waals surface area contributed by atoms with Crippen LogP contribution in [0.1, 0.15) is 39.7 Å². The first-order chi connectivity index (χ1) is 11.3. The lowest BCUT2D eigenvalue weighted by atomic mass is 9.92. The number of carbonyl (C=O) groups is 1. The maximum Gasteiger partial charge on any atom is 0.410 e. The van der Waals surface area contributed by atoms with Gasteiger partial charge in [-0.3, -0.25) is 0 Å². The van der Waals surface area contributed by atoms with Crippen molar-refractivity contribution in [1.82, 2.24) is 9.80 Å². The van der Waals surface area contributed by atoms with Crippen LogP contribution in [0.2, 0.25) is 0 Å². The van der Waals surface area contributed by atoms with Crippen LogP contribution in [-0.2, 0) is 11.2 Å². The van der Waals surface area contributed by atoms with E-state index in [0.29, 0.717) is 5.92 Å². The molecule has 1 aliphatic heterocycles. The van der Waals surface area contributed by atoms with Crippen molar-refractivity contribution in [3.05, 3.63) is 35.9 Å². The maximum absolute atomic E-state index is 12.4. The molecular weight excluding hydrogens is 300 g/mol. The van der Waals surface area contributed by atoms with Crippen molar-refractivity contribution in [3.63, 3.8) is 0 Å². The number of benzene rings is 1. The van der Waals surface area contributed by atoms with Crippen LogP contribution in [0, 0.1) is 5.92 Å². The van der Waals surface area contributed by atoms with Crippen molar-refractivity contribution in [2.75, 3.05) is 26.7 Å². The van der Waals surface area contributed by atoms with Crippen LogP contribution in [0.5, 0.6) is 0 Å². The molecular formula is C20H32N2O2. The van der Waals surface area contributed by atoms with Crippen LogP contribution >= 0.6 is 0 Å². The van der Waals surface area contributed by atoms with Crippen molar-refractivity contribution in [3.8, 4) is 0 Å². The van der Waals surface area contributed by atoms with Gasteiger partial charge in [0, 0.05) is 26.2 Å². The van der Waals surface area contributed by atoms with Crippen molar-refractivity contribution >= 4 is 6.09 Å². The molecule has 0 aliphatic carbocycles. The SMILES string of the molecule is CC1CCN(CCc2ccccc2)CC1N(C)C(=O)OC(C)(C)C. The Morgan fingerprint density at radius 3 is 2.58 bits per heavy atom. The summed E-state index contributed by atoms with van der Waals surface area (Å²) < 4.78 is 5.53. The van der Waals surface area contributed by atoms with Crippen molar-refractivity contribution in [2.45, 2.75) is 52.2 Å². The summed E-state index contributed by atoms with van der Waals surface area (Å²) in [6.45, 7) is 11.0. The second kappa shape index (κ2) is 8.02. The molecule has 0 spiro atoms. The first kappa shape index (κ1) is 18.8. The lowest BCUT2D eigenvalue weighted by Gasteiger charge is -2.41. The van der Waals surface area contributed by atoms with E-state index in [4.69, 9.17) is 4.74 Å². The lowest BCUT2D eigenvalue weighted by Crippen LogP contribution is -2.53. The van der Waals surface area contributed by atoms with Crippen LogP contribution in [0.4, 0.5) is 4.79 Å². The third-order valence-electron chi connectivity index (χ3n) is 4.74. The smallest absolute Gasteiger partial charge is 0.410 e. The topological polar surface area (TPSA) is 32.8 Å². The molecule has 1 fully saturated rings. The Balaban J connectivity index is 1.91. The zero-order valence-corrected chi connectivity index (χ0v) is 15.8. The average Bonchev–Trinajstić information content (AvgIpc) is 2.53. The normalized spacial score (nSPS) is 22.2. The van der Waals surface area contributed by atoms with Crippen molar-refractivity contribution in [1.29, 1.82) is 0 Å². The molecule has 1 heterocycles. The minimum atomic E-state index is -0.448. The molecule has 1 saturated heterocycles. The van der Waals surface area contributed by atoms with Gasteiger partial charge < -0.3 is 14.5 Å². The number of nitrogens with zero attached hydrogens (tertiary/aromatic N) is 2. The van der Waals surface area contributed by atoms with Gasteiger partial charge in [0.2, 0.25) is 0 Å². The largest absolute Gasteiger partial charge is 0.444 e. The molecule has 1 aromatic carbocycles. The number of hydrogen-bond acceptors (Lipinski definition) is 3. The first-order valence-corrected chi connectivity index (χ1v) is 8.98. The molecule has 1 amide bonds. The van der Waals surface area contributed by atoms with Gasteiger partial charge in [-0.25, -0.2) is 4.79 Å². The molecule has 2 atom stereocenters. The van der Waals surface area contributed by atoms with Crippen LogP contribution in [-0.4, -0.2) is 54.2 Å². The fraction of sp³-hybridized carbons (Fsp3) is 0.650. The van der Waals surface area contributed by atoms with Gasteiger partial charge in [-0.1, -0.05) is 37.3 Å². The quantitative estimate of drug-likeness (QED) is 0.840. The molecule has 1 aromatic rings. The van der Waals surface area contributed by atoms with Gasteiger partial charge in [0.1, 0.15) is 5.60 Å². The van der Waals surface area contributed by atoms with Crippen LogP contribution in [0.3, 0.4) is 0 Å². The second-order valence-corrected chi connectivity index (χ2v) is 7.96. The monoisotopic (exact) mass is 332 g/mol. The lowest BCUT2D eigenvalue weighted by molar-refractivity contribution is 0.00459. The highest BCUT2D eigenvalue weighted by molar-refractivity contribution is 5.68. The fourth-order valence-electron chi connectivity index (χ4n) is 3.22. The fourth-order valence-corrected chi connectivity index (χ4v) is 3.22. The van der Waals surface area contributed by atoms with Gasteiger partial charge in [0.15, 0.2) is 0 Å². The zero-order valence-electron chi connectivity index (χ0n) is 15.8. The van der Waals surface area contributed by atoms with Crippen molar-refractivity contribution in [2.24, 2.45) is 5.92 Å². The van der Waals surface area contributed by atoms with E-state index in [2.05, 4.69) is 42.2 Å². The van der Waals surface area contributed by atoms with E-state index in [1.165, 1.54) is 5.56 Å². The summed E-state index contributed by atoms with van der Waals surface area (Å²) in [5, 5.41) is 0. The average molecular weight is 332 g/mol. The Hall–Kier alpha value is -1.55. The Labute approximate surface area is 146 Å². The predicted octanol–water partition coefficient (Wildman–Crippen LogP) is 3.81. The van der Waals surface area contributed by atoms with E-state index in [0.717, 1.165) is 32.5 Å². The van der Waals surface area contributed by atoms with Gasteiger partial charge in [-0.2, -0.15) is 0 Å². The second-order valence-electron chi connectivity index (χ2n) is 7.96. The zero-order chi connectivity index (χ0) is 17.7. The van der Waals surface area contributed by atoms with Gasteiger partial charge in [0.05, 0.1) is 0 Å². The number of carbonyl (C=O) groups excluding carboxylic acids is 1. The number of likely N-dealkylation sites (N-methyl/N-ethyl adjacent to an activating group) is 1. The highest BCUT2D eigenvalue weighted by atomic mass is 16.6. The Bertz CT molecular complexity index is 524. The van der Waals surface area contributed by atoms with E-state index >= 15 is 0 Å². The molecule has 0 radical (unpaired) electrons. The van der Waals surface area contributed by atoms with Gasteiger partial charge in [-0.05, 0) is 51.6 Å². The Kier molecular flexibility index (Phi) is 6.27. The molecule has 0 N–H and O–H groups in total. The van der Waals surface area contributed by atoms with Gasteiger partial charge >= 0.3 is 6.09 Å². The maximum atomic E-state index is 12.4. The molecule has 24 heavy (non-hydrogen) atoms. The molecule has 1 aliphatic rings. The van der Waals surface area contributed by atoms with Crippen LogP contribution in [0.25, 0.3) is 0 Å². The number of likely N-dealkylation sites (tertiary alicyclic amines) is 1. The summed E-state index contributed by atoms with van der Waals surface area (Å²) in [5.74, 6) is 0.496. The molecule has 134 valence electrons. The van der Waals surface area contributed by atoms with Crippen LogP contribution in [0.15, 0.2) is 30.3 Å². The molecule has 0 saturated carbocycles. The summed E-state index contributed by atoms with van der Waals surface area (Å²) in [5.41, 5.74) is 0.921. The number of piperidine rings is 1. The van der Waals surface area contributed by atoms with Gasteiger partial charge in [0.25, 0.3) is 0 Å². The van der Waals surface area contributed by atoms with Gasteiger partial charge in [-0.15, -0.1) is 0 Å². The minimum Gasteiger partial charge on any atom is -0.444 e. The number of hydrogen-bond donors (Lipinski definition) is 0. The highest BCUT2D eigenvalue weighted by Crippen LogP contribution is 2.23. The molecule has 2 rings (SSSR count). The standard InChI is InChI=1S/C20H32N2O2/c1-16-11-13-22(14-12-17-9-7-6-8-10-17)15-18(16)21(5)19(23)24-20(2,3)4/h6-10,16,18H,11-15H2,1-5H3. The van der Waals surface area contributed by atoms with E-state index in [-0.39, 0.29) is 12.1 Å². The first-order valence-electron chi connectivity index (χ1n) is 8.98. The summed E-state index contributed by atoms with van der Waals surface area (Å²) in [7, 11) is 1.87. The molecule has 4 heteroatoms. The summed E-state index contributed by atoms with van der Waals surface area (Å²) in [4.78, 5) is 16.6. The van der Waals surface area contributed by atoms with E-state index in [1.54, 1.807) is 4.90 Å². The summed E-state index contributed by atoms with van der Waals surface area (Å²) in [6, 6.07) is 10.8. The van der Waals surface area contributed by atoms with Crippen LogP contribution < -0.4 is 0 Å². The number of ether oxygens (including phenoxy) is 1. The summed E-state index contributed by atoms with van der Waals surface area (Å²) in [6.07, 6.45) is 1.95. The van der Waals surface area contributed by atoms with E-state index in [9.17, 15) is 4.79 Å². The Morgan fingerprint density at radius 2 is 1.96 bits per heavy atom. The number of rotatable bonds is 4. The molecule has 4 nitrogen and oxygen atoms in total. The molecule has 2 unspecified atom stereocenters. The highest BCUT2D eigenvalue weighted by Gasteiger charge is 2.33. The molecule has 0 bridgehead atoms. The third kappa shape index (κ3) is 5.52. The summed E-state index contributed by atoms with van der Waals surface area (Å²) >= 11 is 0. The molecule has 0 aromatic heterocycles. The van der Waals surface area contributed by atoms with E-state index < -0.39 is 5.60 Å². The Morgan fingerprint density at radius 1 is 1.29 bits per heavy atom. The van der Waals surface area contributed by atoms with E-state index in [1.807, 2.05) is 27.8 Å².